The van der Waals surface area contributed by atoms with Crippen LogP contribution in [0.25, 0.3) is 11.1 Å². The number of nitrogens with one attached hydrogen (secondary N) is 2. The monoisotopic (exact) mass is 723 g/mol. The quantitative estimate of drug-likeness (QED) is 0.0935. The van der Waals surface area contributed by atoms with E-state index in [0.717, 1.165) is 84.2 Å². The minimum atomic E-state index is -0.492. The molecule has 6 N–H and O–H groups in total. The van der Waals surface area contributed by atoms with Crippen LogP contribution in [-0.2, 0) is 21.4 Å². The normalized spacial score (nSPS) is 23.8. The molecule has 1 fully saturated rings. The number of hydrogen-bond acceptors (Lipinski definition) is 10. The van der Waals surface area contributed by atoms with E-state index in [1.807, 2.05) is 30.5 Å². The minimum Gasteiger partial charge on any atom is -0.508 e. The second-order valence-electron chi connectivity index (χ2n) is 15.6. The van der Waals surface area contributed by atoms with E-state index in [1.54, 1.807) is 19.2 Å². The van der Waals surface area contributed by atoms with E-state index in [2.05, 4.69) is 42.7 Å². The molecule has 53 heavy (non-hydrogen) atoms. The summed E-state index contributed by atoms with van der Waals surface area (Å²) in [6.45, 7) is 7.93. The van der Waals surface area contributed by atoms with Crippen molar-refractivity contribution in [2.45, 2.75) is 82.9 Å². The van der Waals surface area contributed by atoms with E-state index in [4.69, 9.17) is 24.7 Å². The lowest BCUT2D eigenvalue weighted by molar-refractivity contribution is -0.141. The molecule has 0 radical (unpaired) electrons. The van der Waals surface area contributed by atoms with Gasteiger partial charge in [0.05, 0.1) is 19.2 Å². The highest BCUT2D eigenvalue weighted by atomic mass is 16.5. The van der Waals surface area contributed by atoms with Gasteiger partial charge in [0.2, 0.25) is 0 Å². The molecule has 0 aromatic heterocycles. The highest BCUT2D eigenvalue weighted by molar-refractivity contribution is 5.84. The van der Waals surface area contributed by atoms with Crippen molar-refractivity contribution in [1.82, 2.24) is 10.6 Å². The molecule has 0 bridgehead atoms. The number of carbonyl (C=O) groups excluding carboxylic acids is 1. The standard InChI is InChI=1S/C43H53N3O7/c1-25(2)12-14-45-15-16-51-36-19-29(6-9-35(36)49)41-34(24-52-26(3)47)32-7-8-33-39-30(18-31(48)20-37(39)50-4)22-43(40(33)42(32)53-41)13-11-27(21-43)17-28-5-10-38(44)46-23-28/h5-10,18-20,23,25,27,34,38,41,45-46,48-49H,11-17,21-22,24,44H2,1-4H3/t27-,34-,38?,41+,43-/m0/s1. The number of esters is 1. The number of nitrogens with two attached hydrogens (primary N) is 1. The molecule has 1 unspecified atom stereocenters. The SMILES string of the molecule is COc1cc(O)cc2c1-c1ccc3c(c1[C@]1(CC[C@@H](CC4=CNC(N)C=C4)C1)C2)O[C@H](c1ccc(O)c(OCCNCCC(C)C)c1)[C@H]3COC(C)=O. The molecule has 1 saturated carbocycles. The lowest BCUT2D eigenvalue weighted by Gasteiger charge is -2.39. The van der Waals surface area contributed by atoms with Crippen molar-refractivity contribution in [3.8, 4) is 39.9 Å². The summed E-state index contributed by atoms with van der Waals surface area (Å²) in [5.74, 6) is 2.47. The van der Waals surface area contributed by atoms with Crippen LogP contribution in [0.4, 0.5) is 0 Å². The molecule has 2 aliphatic carbocycles. The number of rotatable bonds is 13. The van der Waals surface area contributed by atoms with E-state index in [1.165, 1.54) is 12.5 Å². The molecule has 10 nitrogen and oxygen atoms in total. The summed E-state index contributed by atoms with van der Waals surface area (Å²) in [5.41, 5.74) is 13.0. The number of methoxy groups -OCH3 is 1. The van der Waals surface area contributed by atoms with E-state index in [0.29, 0.717) is 36.5 Å². The summed E-state index contributed by atoms with van der Waals surface area (Å²) in [5, 5.41) is 28.2. The Bertz CT molecular complexity index is 1900. The molecule has 4 aliphatic rings. The third-order valence-electron chi connectivity index (χ3n) is 11.3. The maximum Gasteiger partial charge on any atom is 0.302 e. The van der Waals surface area contributed by atoms with Crippen LogP contribution in [0.15, 0.2) is 66.4 Å². The third-order valence-corrected chi connectivity index (χ3v) is 11.3. The fourth-order valence-corrected chi connectivity index (χ4v) is 8.89. The number of allylic oxidation sites excluding steroid dienone is 2. The van der Waals surface area contributed by atoms with Gasteiger partial charge in [-0.25, -0.2) is 0 Å². The number of phenolic OH excluding ortho intramolecular Hbond substituents is 2. The van der Waals surface area contributed by atoms with Crippen LogP contribution in [0.3, 0.4) is 0 Å². The molecule has 282 valence electrons. The average molecular weight is 724 g/mol. The van der Waals surface area contributed by atoms with Crippen LogP contribution in [0.2, 0.25) is 0 Å². The smallest absolute Gasteiger partial charge is 0.302 e. The Morgan fingerprint density at radius 2 is 1.98 bits per heavy atom. The molecule has 10 heteroatoms. The topological polar surface area (TPSA) is 145 Å². The molecule has 1 spiro atoms. The molecule has 0 amide bonds. The maximum absolute atomic E-state index is 12.2. The summed E-state index contributed by atoms with van der Waals surface area (Å²) in [4.78, 5) is 12.2. The van der Waals surface area contributed by atoms with Gasteiger partial charge in [0.15, 0.2) is 11.5 Å². The number of dihydropyridines is 1. The molecule has 5 atom stereocenters. The van der Waals surface area contributed by atoms with Crippen molar-refractivity contribution in [3.05, 3.63) is 88.6 Å². The average Bonchev–Trinajstić information content (AvgIpc) is 3.70. The van der Waals surface area contributed by atoms with Crippen LogP contribution < -0.4 is 30.6 Å². The number of fused-ring (bicyclic) bond motifs is 6. The third kappa shape index (κ3) is 7.57. The highest BCUT2D eigenvalue weighted by Crippen LogP contribution is 2.62. The zero-order chi connectivity index (χ0) is 37.3. The molecule has 7 rings (SSSR count). The second kappa shape index (κ2) is 15.4. The number of aromatic hydroxyl groups is 2. The molecular weight excluding hydrogens is 670 g/mol. The molecule has 0 saturated heterocycles. The molecule has 2 aliphatic heterocycles. The number of hydrogen-bond donors (Lipinski definition) is 5. The van der Waals surface area contributed by atoms with Gasteiger partial charge in [-0.3, -0.25) is 4.79 Å². The number of phenols is 2. The predicted molar refractivity (Wildman–Crippen MR) is 204 cm³/mol. The van der Waals surface area contributed by atoms with Crippen LogP contribution in [0, 0.1) is 11.8 Å². The Hall–Kier alpha value is -4.67. The Balaban J connectivity index is 1.26. The maximum atomic E-state index is 12.2. The van der Waals surface area contributed by atoms with Crippen LogP contribution in [-0.4, -0.2) is 55.8 Å². The number of benzene rings is 3. The van der Waals surface area contributed by atoms with Crippen LogP contribution in [0.1, 0.15) is 87.2 Å². The summed E-state index contributed by atoms with van der Waals surface area (Å²) in [6, 6.07) is 13.2. The molecule has 3 aromatic rings. The second-order valence-corrected chi connectivity index (χ2v) is 15.6. The first-order chi connectivity index (χ1) is 25.5. The van der Waals surface area contributed by atoms with Crippen molar-refractivity contribution >= 4 is 5.97 Å². The van der Waals surface area contributed by atoms with Gasteiger partial charge in [-0.1, -0.05) is 38.1 Å². The summed E-state index contributed by atoms with van der Waals surface area (Å²) in [7, 11) is 1.64. The summed E-state index contributed by atoms with van der Waals surface area (Å²) >= 11 is 0. The van der Waals surface area contributed by atoms with E-state index in [-0.39, 0.29) is 41.6 Å². The van der Waals surface area contributed by atoms with Gasteiger partial charge in [-0.2, -0.15) is 0 Å². The molecule has 2 heterocycles. The van der Waals surface area contributed by atoms with Gasteiger partial charge >= 0.3 is 5.97 Å². The van der Waals surface area contributed by atoms with Gasteiger partial charge in [0, 0.05) is 47.8 Å². The van der Waals surface area contributed by atoms with Gasteiger partial charge in [-0.05, 0) is 103 Å². The van der Waals surface area contributed by atoms with Crippen molar-refractivity contribution in [2.24, 2.45) is 17.6 Å². The zero-order valence-electron chi connectivity index (χ0n) is 31.2. The fraction of sp³-hybridized carbons (Fsp3) is 0.465. The van der Waals surface area contributed by atoms with E-state index < -0.39 is 6.10 Å². The van der Waals surface area contributed by atoms with Crippen molar-refractivity contribution in [3.63, 3.8) is 0 Å². The van der Waals surface area contributed by atoms with Gasteiger partial charge in [0.1, 0.15) is 36.6 Å². The number of ether oxygens (including phenoxy) is 4. The lowest BCUT2D eigenvalue weighted by atomic mass is 9.65. The zero-order valence-corrected chi connectivity index (χ0v) is 31.2. The van der Waals surface area contributed by atoms with Crippen molar-refractivity contribution in [2.75, 3.05) is 33.4 Å². The number of carbonyl (C=O) groups is 1. The highest BCUT2D eigenvalue weighted by Gasteiger charge is 2.50. The largest absolute Gasteiger partial charge is 0.508 e. The first kappa shape index (κ1) is 36.7. The Morgan fingerprint density at radius 1 is 1.13 bits per heavy atom. The lowest BCUT2D eigenvalue weighted by Crippen LogP contribution is -2.33. The summed E-state index contributed by atoms with van der Waals surface area (Å²) < 4.78 is 24.8. The molecule has 3 aromatic carbocycles. The van der Waals surface area contributed by atoms with Crippen molar-refractivity contribution < 1.29 is 34.0 Å². The van der Waals surface area contributed by atoms with E-state index >= 15 is 0 Å². The Morgan fingerprint density at radius 3 is 2.74 bits per heavy atom. The van der Waals surface area contributed by atoms with Gasteiger partial charge in [0.25, 0.3) is 0 Å². The van der Waals surface area contributed by atoms with E-state index in [9.17, 15) is 15.0 Å². The predicted octanol–water partition coefficient (Wildman–Crippen LogP) is 6.88. The van der Waals surface area contributed by atoms with Crippen LogP contribution in [0.5, 0.6) is 28.7 Å². The Labute approximate surface area is 312 Å². The van der Waals surface area contributed by atoms with Gasteiger partial charge < -0.3 is 45.5 Å². The first-order valence-electron chi connectivity index (χ1n) is 19.0. The minimum absolute atomic E-state index is 0.0587. The first-order valence-corrected chi connectivity index (χ1v) is 19.0. The van der Waals surface area contributed by atoms with Crippen LogP contribution >= 0.6 is 0 Å². The Kier molecular flexibility index (Phi) is 10.6. The molecular formula is C43H53N3O7. The summed E-state index contributed by atoms with van der Waals surface area (Å²) in [6.07, 6.45) is 11.2. The fourth-order valence-electron chi connectivity index (χ4n) is 8.89. The van der Waals surface area contributed by atoms with Gasteiger partial charge in [-0.15, -0.1) is 0 Å². The van der Waals surface area contributed by atoms with Crippen molar-refractivity contribution in [1.29, 1.82) is 0 Å².